The fraction of sp³-hybridized carbons (Fsp3) is 1.00. The van der Waals surface area contributed by atoms with Crippen LogP contribution in [0.2, 0.25) is 0 Å². The first kappa shape index (κ1) is 18.2. The van der Waals surface area contributed by atoms with Crippen LogP contribution in [-0.4, -0.2) is 36.9 Å². The summed E-state index contributed by atoms with van der Waals surface area (Å²) in [4.78, 5) is 0. The van der Waals surface area contributed by atoms with E-state index in [9.17, 15) is 21.4 Å². The minimum atomic E-state index is -4.46. The molecular formula is C6H13NaO6S2. The van der Waals surface area contributed by atoms with Crippen molar-refractivity contribution >= 4 is 20.2 Å². The normalized spacial score (nSPS) is 16.5. The third-order valence-electron chi connectivity index (χ3n) is 1.89. The van der Waals surface area contributed by atoms with E-state index in [1.807, 2.05) is 0 Å². The van der Waals surface area contributed by atoms with Crippen molar-refractivity contribution in [3.8, 4) is 0 Å². The fourth-order valence-corrected chi connectivity index (χ4v) is 3.44. The van der Waals surface area contributed by atoms with E-state index in [1.165, 1.54) is 13.8 Å². The molecule has 0 saturated heterocycles. The summed E-state index contributed by atoms with van der Waals surface area (Å²) < 4.78 is 61.3. The number of hydrogen-bond donors (Lipinski definition) is 1. The summed E-state index contributed by atoms with van der Waals surface area (Å²) >= 11 is 0. The van der Waals surface area contributed by atoms with Gasteiger partial charge in [-0.3, -0.25) is 4.55 Å². The van der Waals surface area contributed by atoms with Crippen molar-refractivity contribution in [3.05, 3.63) is 0 Å². The summed E-state index contributed by atoms with van der Waals surface area (Å²) in [7, 11) is -8.75. The second-order valence-corrected chi connectivity index (χ2v) is 6.25. The molecule has 0 radical (unpaired) electrons. The van der Waals surface area contributed by atoms with Crippen molar-refractivity contribution in [2.75, 3.05) is 5.75 Å². The molecule has 0 bridgehead atoms. The third kappa shape index (κ3) is 7.67. The smallest absolute Gasteiger partial charge is 0.748 e. The van der Waals surface area contributed by atoms with Crippen LogP contribution in [0.4, 0.5) is 0 Å². The van der Waals surface area contributed by atoms with E-state index in [0.717, 1.165) is 0 Å². The van der Waals surface area contributed by atoms with Crippen molar-refractivity contribution in [2.45, 2.75) is 25.5 Å². The van der Waals surface area contributed by atoms with Gasteiger partial charge in [0, 0.05) is 5.75 Å². The van der Waals surface area contributed by atoms with Gasteiger partial charge in [0.1, 0.15) is 0 Å². The van der Waals surface area contributed by atoms with Gasteiger partial charge in [0.15, 0.2) is 0 Å². The van der Waals surface area contributed by atoms with Gasteiger partial charge in [0.25, 0.3) is 10.1 Å². The zero-order chi connectivity index (χ0) is 11.6. The summed E-state index contributed by atoms with van der Waals surface area (Å²) in [6.07, 6.45) is 0.0650. The van der Waals surface area contributed by atoms with E-state index in [1.54, 1.807) is 0 Å². The second kappa shape index (κ2) is 6.53. The Balaban J connectivity index is 0. The van der Waals surface area contributed by atoms with Crippen LogP contribution >= 0.6 is 0 Å². The second-order valence-electron chi connectivity index (χ2n) is 3.16. The zero-order valence-corrected chi connectivity index (χ0v) is 12.5. The van der Waals surface area contributed by atoms with E-state index in [2.05, 4.69) is 0 Å². The quantitative estimate of drug-likeness (QED) is 0.416. The Kier molecular flexibility index (Phi) is 7.92. The van der Waals surface area contributed by atoms with Gasteiger partial charge < -0.3 is 4.55 Å². The molecule has 0 amide bonds. The van der Waals surface area contributed by atoms with Crippen LogP contribution in [0, 0.1) is 5.92 Å². The average Bonchev–Trinajstić information content (AvgIpc) is 1.79. The summed E-state index contributed by atoms with van der Waals surface area (Å²) in [5, 5.41) is -1.20. The monoisotopic (exact) mass is 268 g/mol. The summed E-state index contributed by atoms with van der Waals surface area (Å²) in [6.45, 7) is 2.80. The third-order valence-corrected chi connectivity index (χ3v) is 4.38. The van der Waals surface area contributed by atoms with Gasteiger partial charge in [-0.15, -0.1) is 0 Å². The van der Waals surface area contributed by atoms with Crippen molar-refractivity contribution in [2.24, 2.45) is 5.92 Å². The van der Waals surface area contributed by atoms with Gasteiger partial charge >= 0.3 is 29.6 Å². The van der Waals surface area contributed by atoms with E-state index in [4.69, 9.17) is 4.55 Å². The molecule has 0 aliphatic rings. The molecule has 9 heteroatoms. The van der Waals surface area contributed by atoms with Gasteiger partial charge in [0.2, 0.25) is 0 Å². The van der Waals surface area contributed by atoms with Crippen LogP contribution in [0.5, 0.6) is 0 Å². The molecule has 2 atom stereocenters. The zero-order valence-electron chi connectivity index (χ0n) is 8.87. The van der Waals surface area contributed by atoms with Crippen LogP contribution in [-0.2, 0) is 20.2 Å². The van der Waals surface area contributed by atoms with Crippen molar-refractivity contribution in [3.63, 3.8) is 0 Å². The maximum Gasteiger partial charge on any atom is 1.00 e. The Hall–Kier alpha value is 0.820. The van der Waals surface area contributed by atoms with Crippen molar-refractivity contribution < 1.29 is 55.5 Å². The first-order valence-corrected chi connectivity index (χ1v) is 7.06. The molecule has 2 unspecified atom stereocenters. The molecule has 15 heavy (non-hydrogen) atoms. The molecule has 0 rings (SSSR count). The molecular weight excluding hydrogens is 255 g/mol. The van der Waals surface area contributed by atoms with Gasteiger partial charge in [-0.25, -0.2) is 8.42 Å². The Morgan fingerprint density at radius 3 is 1.87 bits per heavy atom. The predicted molar refractivity (Wildman–Crippen MR) is 49.4 cm³/mol. The molecule has 0 aliphatic carbocycles. The molecule has 0 aromatic heterocycles. The summed E-state index contributed by atoms with van der Waals surface area (Å²) in [5.41, 5.74) is 0. The predicted octanol–water partition coefficient (Wildman–Crippen LogP) is -3.16. The minimum Gasteiger partial charge on any atom is -0.748 e. The standard InChI is InChI=1S/C6H14O6S2.Na/c1-3-6(14(10,11)12)5(2)4-13(7,8)9;/h5-6H,3-4H2,1-2H3,(H,7,8,9)(H,10,11,12);/q;+1/p-1. The molecule has 6 nitrogen and oxygen atoms in total. The fourth-order valence-electron chi connectivity index (χ4n) is 1.34. The molecule has 1 N–H and O–H groups in total. The van der Waals surface area contributed by atoms with Gasteiger partial charge in [-0.05, 0) is 12.3 Å². The molecule has 0 fully saturated rings. The van der Waals surface area contributed by atoms with Crippen LogP contribution in [0.3, 0.4) is 0 Å². The average molecular weight is 268 g/mol. The molecule has 86 valence electrons. The first-order valence-electron chi connectivity index (χ1n) is 3.97. The van der Waals surface area contributed by atoms with Crippen LogP contribution in [0.1, 0.15) is 20.3 Å². The van der Waals surface area contributed by atoms with Gasteiger partial charge in [0.05, 0.1) is 15.4 Å². The Morgan fingerprint density at radius 1 is 1.27 bits per heavy atom. The number of rotatable bonds is 5. The van der Waals surface area contributed by atoms with Crippen molar-refractivity contribution in [1.29, 1.82) is 0 Å². The van der Waals surface area contributed by atoms with E-state index in [0.29, 0.717) is 0 Å². The maximum absolute atomic E-state index is 10.7. The van der Waals surface area contributed by atoms with Crippen LogP contribution < -0.4 is 29.6 Å². The molecule has 0 aromatic carbocycles. The Labute approximate surface area is 112 Å². The molecule has 0 heterocycles. The van der Waals surface area contributed by atoms with Gasteiger partial charge in [-0.2, -0.15) is 8.42 Å². The molecule has 0 aliphatic heterocycles. The van der Waals surface area contributed by atoms with Crippen LogP contribution in [0.15, 0.2) is 0 Å². The van der Waals surface area contributed by atoms with E-state index in [-0.39, 0.29) is 36.0 Å². The Morgan fingerprint density at radius 2 is 1.67 bits per heavy atom. The number of hydrogen-bond acceptors (Lipinski definition) is 5. The molecule has 0 spiro atoms. The molecule has 0 saturated carbocycles. The van der Waals surface area contributed by atoms with E-state index < -0.39 is 37.2 Å². The summed E-state index contributed by atoms with van der Waals surface area (Å²) in [6, 6.07) is 0. The van der Waals surface area contributed by atoms with Gasteiger partial charge in [-0.1, -0.05) is 13.8 Å². The Bertz CT molecular complexity index is 372. The summed E-state index contributed by atoms with van der Waals surface area (Å²) in [5.74, 6) is -1.69. The SMILES string of the molecule is CCC(C(C)CS(=O)(=O)[O-])S(=O)(=O)O.[Na+]. The minimum absolute atomic E-state index is 0. The largest absolute Gasteiger partial charge is 1.00 e. The van der Waals surface area contributed by atoms with Crippen LogP contribution in [0.25, 0.3) is 0 Å². The molecule has 0 aromatic rings. The van der Waals surface area contributed by atoms with Crippen molar-refractivity contribution in [1.82, 2.24) is 0 Å². The topological polar surface area (TPSA) is 112 Å². The first-order chi connectivity index (χ1) is 6.08. The van der Waals surface area contributed by atoms with E-state index >= 15 is 0 Å². The maximum atomic E-state index is 10.7.